The number of aliphatic carboxylic acids is 1. The van der Waals surface area contributed by atoms with Crippen molar-refractivity contribution in [3.63, 3.8) is 0 Å². The van der Waals surface area contributed by atoms with Crippen LogP contribution in [0.2, 0.25) is 0 Å². The van der Waals surface area contributed by atoms with E-state index in [4.69, 9.17) is 0 Å². The average molecular weight is 449 g/mol. The molecule has 4 rings (SSSR count). The lowest BCUT2D eigenvalue weighted by atomic mass is 9.65. The molecule has 1 N–H and O–H groups in total. The van der Waals surface area contributed by atoms with Gasteiger partial charge in [-0.1, -0.05) is 18.2 Å². The van der Waals surface area contributed by atoms with Crippen molar-refractivity contribution >= 4 is 27.4 Å². The Kier molecular flexibility index (Phi) is 5.23. The van der Waals surface area contributed by atoms with Gasteiger partial charge in [-0.25, -0.2) is 8.42 Å². The van der Waals surface area contributed by atoms with Crippen molar-refractivity contribution in [2.24, 2.45) is 23.7 Å². The van der Waals surface area contributed by atoms with Gasteiger partial charge in [0.25, 0.3) is 5.54 Å². The molecule has 0 heterocycles. The van der Waals surface area contributed by atoms with Crippen LogP contribution < -0.4 is 0 Å². The molecule has 2 bridgehead atoms. The highest BCUT2D eigenvalue weighted by molar-refractivity contribution is 7.92. The first kappa shape index (κ1) is 21.6. The molecule has 3 saturated carbocycles. The van der Waals surface area contributed by atoms with E-state index in [0.29, 0.717) is 12.8 Å². The first-order valence-corrected chi connectivity index (χ1v) is 11.9. The summed E-state index contributed by atoms with van der Waals surface area (Å²) in [6, 6.07) is 7.58. The number of fused-ring (bicyclic) bond motifs is 2. The summed E-state index contributed by atoms with van der Waals surface area (Å²) in [5, 5.41) is 20.8. The molecule has 1 aromatic rings. The number of carbonyl (C=O) groups excluding carboxylic acids is 2. The van der Waals surface area contributed by atoms with Gasteiger partial charge in [0.05, 0.1) is 16.1 Å². The quantitative estimate of drug-likeness (QED) is 0.511. The Morgan fingerprint density at radius 1 is 1.03 bits per heavy atom. The fourth-order valence-electron chi connectivity index (χ4n) is 6.02. The van der Waals surface area contributed by atoms with Crippen LogP contribution in [0.1, 0.15) is 38.5 Å². The maximum atomic E-state index is 13.6. The third-order valence-corrected chi connectivity index (χ3v) is 9.63. The van der Waals surface area contributed by atoms with E-state index >= 15 is 0 Å². The van der Waals surface area contributed by atoms with Gasteiger partial charge in [-0.15, -0.1) is 0 Å². The number of sulfone groups is 1. The highest BCUT2D eigenvalue weighted by Gasteiger charge is 2.70. The van der Waals surface area contributed by atoms with Crippen LogP contribution in [-0.2, 0) is 24.2 Å². The molecule has 1 aromatic carbocycles. The van der Waals surface area contributed by atoms with Gasteiger partial charge < -0.3 is 5.11 Å². The van der Waals surface area contributed by atoms with Gasteiger partial charge in [0.15, 0.2) is 9.84 Å². The number of carbonyl (C=O) groups is 3. The summed E-state index contributed by atoms with van der Waals surface area (Å²) in [6.45, 7) is 0. The second kappa shape index (κ2) is 7.51. The van der Waals surface area contributed by atoms with Gasteiger partial charge >= 0.3 is 5.97 Å². The number of hydrogen-bond donors (Lipinski definition) is 1. The van der Waals surface area contributed by atoms with E-state index in [9.17, 15) is 38.0 Å². The van der Waals surface area contributed by atoms with E-state index in [-0.39, 0.29) is 36.4 Å². The van der Waals surface area contributed by atoms with Crippen LogP contribution in [-0.4, -0.2) is 46.8 Å². The summed E-state index contributed by atoms with van der Waals surface area (Å²) in [4.78, 5) is 49.2. The summed E-state index contributed by atoms with van der Waals surface area (Å²) in [6.07, 6.45) is 0.0402. The number of ketones is 2. The molecule has 0 radical (unpaired) electrons. The lowest BCUT2D eigenvalue weighted by Gasteiger charge is -2.36. The van der Waals surface area contributed by atoms with E-state index in [0.717, 1.165) is 0 Å². The molecule has 3 aliphatic rings. The van der Waals surface area contributed by atoms with Crippen LogP contribution in [0.5, 0.6) is 0 Å². The van der Waals surface area contributed by atoms with Crippen molar-refractivity contribution in [1.82, 2.24) is 0 Å². The molecule has 9 nitrogen and oxygen atoms in total. The Morgan fingerprint density at radius 2 is 1.58 bits per heavy atom. The van der Waals surface area contributed by atoms with E-state index in [1.807, 2.05) is 0 Å². The Morgan fingerprint density at radius 3 is 2.10 bits per heavy atom. The molecule has 0 aliphatic heterocycles. The monoisotopic (exact) mass is 449 g/mol. The molecule has 0 amide bonds. The minimum atomic E-state index is -3.90. The number of Topliss-reactive ketones (excluding diaryl/α,β-unsaturated/α-hetero) is 2. The third kappa shape index (κ3) is 3.19. The zero-order chi connectivity index (χ0) is 22.6. The zero-order valence-electron chi connectivity index (χ0n) is 16.7. The summed E-state index contributed by atoms with van der Waals surface area (Å²) in [5.41, 5.74) is -2.00. The highest BCUT2D eigenvalue weighted by Crippen LogP contribution is 2.54. The van der Waals surface area contributed by atoms with Gasteiger partial charge in [0, 0.05) is 35.5 Å². The fraction of sp³-hybridized carbons (Fsp3) is 0.571. The maximum absolute atomic E-state index is 13.6. The van der Waals surface area contributed by atoms with Gasteiger partial charge in [-0.2, -0.15) is 0 Å². The highest BCUT2D eigenvalue weighted by atomic mass is 32.2. The standard InChI is InChI=1S/C21H23NO8S/c23-14-8-12-6-7-13(9-14)21(12,22(27)28)19(24)17-10-16(11-18(17)20(25)26)31(29,30)15-4-2-1-3-5-15/h1-5,12-13,16-18H,6-11H2,(H,25,26)/t12-,13+,16-,17-,18-,21?/m1/s1. The molecule has 6 atom stereocenters. The predicted octanol–water partition coefficient (Wildman–Crippen LogP) is 1.91. The molecule has 31 heavy (non-hydrogen) atoms. The molecule has 166 valence electrons. The predicted molar refractivity (Wildman–Crippen MR) is 106 cm³/mol. The van der Waals surface area contributed by atoms with E-state index in [1.165, 1.54) is 12.1 Å². The van der Waals surface area contributed by atoms with Gasteiger partial charge in [-0.3, -0.25) is 24.5 Å². The average Bonchev–Trinajstić information content (AvgIpc) is 3.27. The molecule has 3 fully saturated rings. The van der Waals surface area contributed by atoms with Crippen molar-refractivity contribution in [2.75, 3.05) is 0 Å². The summed E-state index contributed by atoms with van der Waals surface area (Å²) in [5.74, 6) is -6.38. The number of benzene rings is 1. The number of nitro groups is 1. The van der Waals surface area contributed by atoms with Gasteiger partial charge in [0.1, 0.15) is 5.78 Å². The van der Waals surface area contributed by atoms with Crippen molar-refractivity contribution < 1.29 is 32.8 Å². The molecule has 0 aromatic heterocycles. The minimum absolute atomic E-state index is 0.0320. The Labute approximate surface area is 178 Å². The van der Waals surface area contributed by atoms with Crippen molar-refractivity contribution in [1.29, 1.82) is 0 Å². The Balaban J connectivity index is 1.71. The largest absolute Gasteiger partial charge is 0.481 e. The third-order valence-electron chi connectivity index (χ3n) is 7.44. The number of rotatable bonds is 6. The van der Waals surface area contributed by atoms with Gasteiger partial charge in [-0.05, 0) is 37.8 Å². The molecular formula is C21H23NO8S. The maximum Gasteiger partial charge on any atom is 0.307 e. The zero-order valence-corrected chi connectivity index (χ0v) is 17.5. The smallest absolute Gasteiger partial charge is 0.307 e. The van der Waals surface area contributed by atoms with Crippen molar-refractivity contribution in [3.8, 4) is 0 Å². The number of carboxylic acids is 1. The number of carboxylic acid groups (broad SMARTS) is 1. The van der Waals surface area contributed by atoms with Crippen LogP contribution in [0.15, 0.2) is 35.2 Å². The van der Waals surface area contributed by atoms with E-state index in [1.54, 1.807) is 18.2 Å². The molecular weight excluding hydrogens is 426 g/mol. The normalized spacial score (nSPS) is 35.1. The molecule has 0 spiro atoms. The van der Waals surface area contributed by atoms with Crippen molar-refractivity contribution in [3.05, 3.63) is 40.4 Å². The molecule has 0 saturated heterocycles. The van der Waals surface area contributed by atoms with E-state index < -0.39 is 61.0 Å². The Bertz CT molecular complexity index is 1030. The van der Waals surface area contributed by atoms with Crippen LogP contribution in [0.4, 0.5) is 0 Å². The van der Waals surface area contributed by atoms with Crippen LogP contribution in [0, 0.1) is 33.8 Å². The lowest BCUT2D eigenvalue weighted by Crippen LogP contribution is -2.60. The molecule has 10 heteroatoms. The van der Waals surface area contributed by atoms with Crippen LogP contribution in [0.25, 0.3) is 0 Å². The van der Waals surface area contributed by atoms with E-state index in [2.05, 4.69) is 0 Å². The van der Waals surface area contributed by atoms with Crippen LogP contribution in [0.3, 0.4) is 0 Å². The first-order valence-electron chi connectivity index (χ1n) is 10.3. The summed E-state index contributed by atoms with van der Waals surface area (Å²) >= 11 is 0. The summed E-state index contributed by atoms with van der Waals surface area (Å²) < 4.78 is 26.1. The Hall–Kier alpha value is -2.62. The lowest BCUT2D eigenvalue weighted by molar-refractivity contribution is -0.569. The first-order chi connectivity index (χ1) is 14.6. The molecule has 3 aliphatic carbocycles. The number of nitrogens with zero attached hydrogens (tertiary/aromatic N) is 1. The second-order valence-electron chi connectivity index (χ2n) is 8.87. The van der Waals surface area contributed by atoms with Gasteiger partial charge in [0.2, 0.25) is 5.78 Å². The SMILES string of the molecule is O=C1C[C@H]2CC[C@@H](C1)C2(C(=O)[C@@H]1C[C@@H](S(=O)(=O)c2ccccc2)C[C@H]1C(=O)O)[N+](=O)[O-]. The van der Waals surface area contributed by atoms with Crippen molar-refractivity contribution in [2.45, 2.75) is 54.2 Å². The summed E-state index contributed by atoms with van der Waals surface area (Å²) in [7, 11) is -3.90. The van der Waals surface area contributed by atoms with Crippen LogP contribution >= 0.6 is 0 Å². The number of hydrogen-bond acceptors (Lipinski definition) is 7. The topological polar surface area (TPSA) is 149 Å². The minimum Gasteiger partial charge on any atom is -0.481 e. The molecule has 1 unspecified atom stereocenters. The second-order valence-corrected chi connectivity index (χ2v) is 11.1. The fourth-order valence-corrected chi connectivity index (χ4v) is 7.86.